The molecule has 0 bridgehead atoms. The van der Waals surface area contributed by atoms with E-state index >= 15 is 0 Å². The molecule has 1 fully saturated rings. The fourth-order valence-electron chi connectivity index (χ4n) is 4.14. The summed E-state index contributed by atoms with van der Waals surface area (Å²) in [5.74, 6) is -0.802. The predicted molar refractivity (Wildman–Crippen MR) is 122 cm³/mol. The van der Waals surface area contributed by atoms with Gasteiger partial charge in [0, 0.05) is 24.9 Å². The minimum absolute atomic E-state index is 0.246. The van der Waals surface area contributed by atoms with Crippen molar-refractivity contribution in [3.8, 4) is 0 Å². The third kappa shape index (κ3) is 9.14. The van der Waals surface area contributed by atoms with Crippen LogP contribution < -0.4 is 15.8 Å². The Morgan fingerprint density at radius 1 is 1.31 bits per heavy atom. The van der Waals surface area contributed by atoms with Gasteiger partial charge in [-0.1, -0.05) is 45.4 Å². The molecule has 4 atom stereocenters. The number of aliphatic hydroxyl groups excluding tert-OH is 2. The van der Waals surface area contributed by atoms with Crippen molar-refractivity contribution in [3.63, 3.8) is 0 Å². The van der Waals surface area contributed by atoms with Crippen LogP contribution in [-0.2, 0) is 21.2 Å². The first-order valence-electron chi connectivity index (χ1n) is 11.6. The second-order valence-electron chi connectivity index (χ2n) is 8.83. The SMILES string of the molecule is CCCCNS(=O)(=O)C[C@H](O)[C@H](O)[C@H](CC1CCCCC1)NC(=O)[C@@H](N)Cc1cnc[nH]1. The molecule has 1 aliphatic rings. The Hall–Kier alpha value is -1.53. The topological polar surface area (TPSA) is 170 Å². The molecule has 32 heavy (non-hydrogen) atoms. The number of aliphatic hydroxyl groups is 2. The first kappa shape index (κ1) is 26.7. The molecule has 0 aliphatic heterocycles. The molecule has 11 heteroatoms. The van der Waals surface area contributed by atoms with Crippen molar-refractivity contribution in [3.05, 3.63) is 18.2 Å². The number of hydrogen-bond donors (Lipinski definition) is 6. The molecule has 0 aromatic carbocycles. The van der Waals surface area contributed by atoms with Gasteiger partial charge in [0.15, 0.2) is 0 Å². The lowest BCUT2D eigenvalue weighted by Gasteiger charge is -2.32. The second-order valence-corrected chi connectivity index (χ2v) is 10.7. The van der Waals surface area contributed by atoms with Crippen molar-refractivity contribution in [1.29, 1.82) is 0 Å². The first-order chi connectivity index (χ1) is 15.2. The van der Waals surface area contributed by atoms with Crippen LogP contribution in [-0.4, -0.2) is 71.1 Å². The molecule has 1 aromatic heterocycles. The van der Waals surface area contributed by atoms with Gasteiger partial charge in [-0.3, -0.25) is 4.79 Å². The van der Waals surface area contributed by atoms with Crippen LogP contribution in [0.5, 0.6) is 0 Å². The monoisotopic (exact) mass is 473 g/mol. The molecule has 0 radical (unpaired) electrons. The molecule has 0 unspecified atom stereocenters. The summed E-state index contributed by atoms with van der Waals surface area (Å²) in [6.07, 6.45) is 7.64. The molecule has 1 heterocycles. The van der Waals surface area contributed by atoms with Crippen LogP contribution in [0.1, 0.15) is 64.0 Å². The van der Waals surface area contributed by atoms with E-state index in [0.29, 0.717) is 24.5 Å². The Bertz CT molecular complexity index is 768. The van der Waals surface area contributed by atoms with E-state index in [9.17, 15) is 23.4 Å². The second kappa shape index (κ2) is 13.2. The van der Waals surface area contributed by atoms with Crippen LogP contribution in [0, 0.1) is 5.92 Å². The molecular weight excluding hydrogens is 434 g/mol. The number of hydrogen-bond acceptors (Lipinski definition) is 7. The van der Waals surface area contributed by atoms with Crippen LogP contribution >= 0.6 is 0 Å². The van der Waals surface area contributed by atoms with Gasteiger partial charge >= 0.3 is 0 Å². The van der Waals surface area contributed by atoms with Crippen molar-refractivity contribution in [1.82, 2.24) is 20.0 Å². The van der Waals surface area contributed by atoms with Crippen LogP contribution in [0.15, 0.2) is 12.5 Å². The number of aromatic amines is 1. The maximum Gasteiger partial charge on any atom is 0.237 e. The number of imidazole rings is 1. The molecule has 1 aromatic rings. The van der Waals surface area contributed by atoms with Gasteiger partial charge in [-0.05, 0) is 18.8 Å². The van der Waals surface area contributed by atoms with E-state index in [1.54, 1.807) is 6.20 Å². The number of amides is 1. The van der Waals surface area contributed by atoms with Crippen LogP contribution in [0.25, 0.3) is 0 Å². The average Bonchev–Trinajstić information content (AvgIpc) is 3.26. The molecule has 1 saturated carbocycles. The summed E-state index contributed by atoms with van der Waals surface area (Å²) in [5.41, 5.74) is 6.74. The van der Waals surface area contributed by atoms with Gasteiger partial charge in [0.05, 0.1) is 30.3 Å². The number of H-pyrrole nitrogens is 1. The van der Waals surface area contributed by atoms with E-state index in [4.69, 9.17) is 5.73 Å². The molecule has 1 aliphatic carbocycles. The van der Waals surface area contributed by atoms with Gasteiger partial charge < -0.3 is 26.2 Å². The summed E-state index contributed by atoms with van der Waals surface area (Å²) in [5, 5.41) is 24.1. The zero-order valence-corrected chi connectivity index (χ0v) is 19.7. The Balaban J connectivity index is 2.02. The number of nitrogens with two attached hydrogens (primary N) is 1. The molecule has 10 nitrogen and oxygen atoms in total. The number of unbranched alkanes of at least 4 members (excludes halogenated alkanes) is 1. The van der Waals surface area contributed by atoms with Crippen molar-refractivity contribution in [2.75, 3.05) is 12.3 Å². The lowest BCUT2D eigenvalue weighted by molar-refractivity contribution is -0.124. The number of rotatable bonds is 14. The number of nitrogens with one attached hydrogen (secondary N) is 3. The fourth-order valence-corrected chi connectivity index (χ4v) is 5.36. The zero-order valence-electron chi connectivity index (χ0n) is 18.9. The van der Waals surface area contributed by atoms with E-state index in [2.05, 4.69) is 20.0 Å². The summed E-state index contributed by atoms with van der Waals surface area (Å²) in [6.45, 7) is 2.23. The first-order valence-corrected chi connectivity index (χ1v) is 13.2. The highest BCUT2D eigenvalue weighted by Crippen LogP contribution is 2.28. The summed E-state index contributed by atoms with van der Waals surface area (Å²) in [6, 6.07) is -1.66. The highest BCUT2D eigenvalue weighted by Gasteiger charge is 2.34. The molecule has 2 rings (SSSR count). The van der Waals surface area contributed by atoms with Gasteiger partial charge in [-0.15, -0.1) is 0 Å². The Labute approximate surface area is 190 Å². The number of carbonyl (C=O) groups is 1. The number of aromatic nitrogens is 2. The maximum absolute atomic E-state index is 12.7. The third-order valence-corrected chi connectivity index (χ3v) is 7.44. The lowest BCUT2D eigenvalue weighted by atomic mass is 9.83. The molecule has 1 amide bonds. The average molecular weight is 474 g/mol. The minimum Gasteiger partial charge on any atom is -0.389 e. The minimum atomic E-state index is -3.75. The van der Waals surface area contributed by atoms with Crippen LogP contribution in [0.4, 0.5) is 0 Å². The Morgan fingerprint density at radius 3 is 2.66 bits per heavy atom. The van der Waals surface area contributed by atoms with E-state index < -0.39 is 46.0 Å². The van der Waals surface area contributed by atoms with Crippen molar-refractivity contribution in [2.24, 2.45) is 11.7 Å². The quantitative estimate of drug-likeness (QED) is 0.209. The predicted octanol–water partition coefficient (Wildman–Crippen LogP) is 0.176. The maximum atomic E-state index is 12.7. The molecule has 0 spiro atoms. The summed E-state index contributed by atoms with van der Waals surface area (Å²) in [4.78, 5) is 19.5. The van der Waals surface area contributed by atoms with Gasteiger partial charge in [0.1, 0.15) is 6.10 Å². The zero-order chi connectivity index (χ0) is 23.6. The van der Waals surface area contributed by atoms with Gasteiger partial charge in [0.2, 0.25) is 15.9 Å². The Morgan fingerprint density at radius 2 is 2.03 bits per heavy atom. The van der Waals surface area contributed by atoms with E-state index in [1.165, 1.54) is 6.33 Å². The number of nitrogens with zero attached hydrogens (tertiary/aromatic N) is 1. The summed E-state index contributed by atoms with van der Waals surface area (Å²) < 4.78 is 26.9. The largest absolute Gasteiger partial charge is 0.389 e. The van der Waals surface area contributed by atoms with E-state index in [1.807, 2.05) is 6.92 Å². The van der Waals surface area contributed by atoms with Crippen molar-refractivity contribution >= 4 is 15.9 Å². The smallest absolute Gasteiger partial charge is 0.237 e. The highest BCUT2D eigenvalue weighted by atomic mass is 32.2. The highest BCUT2D eigenvalue weighted by molar-refractivity contribution is 7.89. The third-order valence-electron chi connectivity index (χ3n) is 6.02. The Kier molecular flexibility index (Phi) is 11.1. The molecular formula is C21H39N5O5S. The van der Waals surface area contributed by atoms with Crippen LogP contribution in [0.2, 0.25) is 0 Å². The molecule has 184 valence electrons. The summed E-state index contributed by atoms with van der Waals surface area (Å²) in [7, 11) is -3.75. The number of sulfonamides is 1. The standard InChI is InChI=1S/C21H39N5O5S/c1-2-3-9-25-32(30,31)13-19(27)20(28)18(10-15-7-5-4-6-8-15)26-21(29)17(22)11-16-12-23-14-24-16/h12,14-15,17-20,25,27-28H,2-11,13,22H2,1H3,(H,23,24)(H,26,29)/t17-,18-,19-,20+/m0/s1. The van der Waals surface area contributed by atoms with Crippen LogP contribution in [0.3, 0.4) is 0 Å². The fraction of sp³-hybridized carbons (Fsp3) is 0.810. The summed E-state index contributed by atoms with van der Waals surface area (Å²) >= 11 is 0. The van der Waals surface area contributed by atoms with Gasteiger partial charge in [0.25, 0.3) is 0 Å². The van der Waals surface area contributed by atoms with E-state index in [0.717, 1.165) is 38.5 Å². The van der Waals surface area contributed by atoms with Gasteiger partial charge in [-0.25, -0.2) is 18.1 Å². The molecule has 7 N–H and O–H groups in total. The van der Waals surface area contributed by atoms with Gasteiger partial charge in [-0.2, -0.15) is 0 Å². The van der Waals surface area contributed by atoms with E-state index in [-0.39, 0.29) is 13.0 Å². The normalized spacial score (nSPS) is 19.2. The lowest BCUT2D eigenvalue weighted by Crippen LogP contribution is -2.55. The number of carbonyl (C=O) groups excluding carboxylic acids is 1. The molecule has 0 saturated heterocycles. The van der Waals surface area contributed by atoms with Crippen molar-refractivity contribution in [2.45, 2.75) is 89.0 Å². The van der Waals surface area contributed by atoms with Crippen molar-refractivity contribution < 1.29 is 23.4 Å².